The summed E-state index contributed by atoms with van der Waals surface area (Å²) in [6.07, 6.45) is 6.40. The minimum atomic E-state index is -0.327. The molecule has 1 amide bonds. The Morgan fingerprint density at radius 1 is 1.13 bits per heavy atom. The van der Waals surface area contributed by atoms with Crippen molar-refractivity contribution < 1.29 is 9.53 Å². The Morgan fingerprint density at radius 2 is 1.91 bits per heavy atom. The molecule has 0 radical (unpaired) electrons. The molecule has 1 aromatic carbocycles. The van der Waals surface area contributed by atoms with Crippen LogP contribution in [0.2, 0.25) is 0 Å². The maximum absolute atomic E-state index is 12.9. The summed E-state index contributed by atoms with van der Waals surface area (Å²) < 4.78 is 6.02. The number of likely N-dealkylation sites (tertiary alicyclic amines) is 1. The van der Waals surface area contributed by atoms with Gasteiger partial charge in [-0.05, 0) is 44.5 Å². The van der Waals surface area contributed by atoms with E-state index in [4.69, 9.17) is 4.74 Å². The molecule has 0 aromatic heterocycles. The van der Waals surface area contributed by atoms with Crippen LogP contribution in [0.3, 0.4) is 0 Å². The predicted octanol–water partition coefficient (Wildman–Crippen LogP) is 3.46. The number of fused-ring (bicyclic) bond motifs is 1. The van der Waals surface area contributed by atoms with Crippen LogP contribution >= 0.6 is 0 Å². The molecule has 2 aliphatic heterocycles. The van der Waals surface area contributed by atoms with Crippen molar-refractivity contribution in [2.45, 2.75) is 51.6 Å². The van der Waals surface area contributed by atoms with E-state index >= 15 is 0 Å². The third-order valence-electron chi connectivity index (χ3n) is 4.86. The van der Waals surface area contributed by atoms with Crippen LogP contribution in [0.4, 0.5) is 5.69 Å². The monoisotopic (exact) mass is 316 g/mol. The molecule has 0 N–H and O–H groups in total. The fraction of sp³-hybridized carbons (Fsp3) is 0.632. The van der Waals surface area contributed by atoms with Gasteiger partial charge in [-0.2, -0.15) is 0 Å². The molecule has 0 spiro atoms. The molecule has 1 aromatic rings. The highest BCUT2D eigenvalue weighted by atomic mass is 16.5. The average molecular weight is 316 g/mol. The number of rotatable bonds is 7. The number of carbonyl (C=O) groups excluding carboxylic acids is 1. The molecular weight excluding hydrogens is 288 g/mol. The standard InChI is InChI=1S/C19H28N2O2/c1-2-3-6-14-21-16-9-4-5-10-17(16)23-18(19(21)22)11-15-20-12-7-8-13-20/h4-5,9-10,18H,2-3,6-8,11-15H2,1H3. The lowest BCUT2D eigenvalue weighted by molar-refractivity contribution is -0.126. The third kappa shape index (κ3) is 3.86. The van der Waals surface area contributed by atoms with Gasteiger partial charge in [-0.1, -0.05) is 31.9 Å². The van der Waals surface area contributed by atoms with E-state index < -0.39 is 0 Å². The largest absolute Gasteiger partial charge is 0.478 e. The number of hydrogen-bond acceptors (Lipinski definition) is 3. The van der Waals surface area contributed by atoms with E-state index in [2.05, 4.69) is 11.8 Å². The number of amides is 1. The average Bonchev–Trinajstić information content (AvgIpc) is 3.09. The first-order chi connectivity index (χ1) is 11.3. The topological polar surface area (TPSA) is 32.8 Å². The van der Waals surface area contributed by atoms with Gasteiger partial charge in [-0.15, -0.1) is 0 Å². The van der Waals surface area contributed by atoms with E-state index in [1.807, 2.05) is 29.2 Å². The van der Waals surface area contributed by atoms with Crippen LogP contribution in [0.1, 0.15) is 45.4 Å². The molecule has 0 aliphatic carbocycles. The van der Waals surface area contributed by atoms with E-state index in [0.717, 1.165) is 56.9 Å². The molecule has 4 heteroatoms. The van der Waals surface area contributed by atoms with Crippen molar-refractivity contribution in [3.8, 4) is 5.75 Å². The highest BCUT2D eigenvalue weighted by Gasteiger charge is 2.34. The Labute approximate surface area is 139 Å². The number of hydrogen-bond donors (Lipinski definition) is 0. The van der Waals surface area contributed by atoms with E-state index in [0.29, 0.717) is 0 Å². The number of benzene rings is 1. The van der Waals surface area contributed by atoms with Gasteiger partial charge in [-0.25, -0.2) is 0 Å². The molecule has 1 unspecified atom stereocenters. The quantitative estimate of drug-likeness (QED) is 0.722. The zero-order chi connectivity index (χ0) is 16.1. The molecule has 2 aliphatic rings. The van der Waals surface area contributed by atoms with Crippen molar-refractivity contribution in [2.75, 3.05) is 31.1 Å². The van der Waals surface area contributed by atoms with Crippen molar-refractivity contribution in [2.24, 2.45) is 0 Å². The van der Waals surface area contributed by atoms with Gasteiger partial charge in [0.2, 0.25) is 0 Å². The highest BCUT2D eigenvalue weighted by Crippen LogP contribution is 2.34. The van der Waals surface area contributed by atoms with E-state index in [-0.39, 0.29) is 12.0 Å². The minimum Gasteiger partial charge on any atom is -0.478 e. The van der Waals surface area contributed by atoms with Crippen molar-refractivity contribution >= 4 is 11.6 Å². The second-order valence-corrected chi connectivity index (χ2v) is 6.61. The van der Waals surface area contributed by atoms with Gasteiger partial charge in [-0.3, -0.25) is 4.79 Å². The Balaban J connectivity index is 1.68. The molecule has 0 bridgehead atoms. The maximum atomic E-state index is 12.9. The zero-order valence-corrected chi connectivity index (χ0v) is 14.2. The van der Waals surface area contributed by atoms with Crippen LogP contribution in [-0.4, -0.2) is 43.1 Å². The summed E-state index contributed by atoms with van der Waals surface area (Å²) in [5, 5.41) is 0. The fourth-order valence-corrected chi connectivity index (χ4v) is 3.52. The SMILES string of the molecule is CCCCCN1C(=O)C(CCN2CCCC2)Oc2ccccc21. The lowest BCUT2D eigenvalue weighted by atomic mass is 10.1. The molecule has 2 heterocycles. The number of unbranched alkanes of at least 4 members (excludes halogenated alkanes) is 2. The van der Waals surface area contributed by atoms with Crippen molar-refractivity contribution in [3.05, 3.63) is 24.3 Å². The molecule has 1 atom stereocenters. The first-order valence-corrected chi connectivity index (χ1v) is 9.09. The second kappa shape index (κ2) is 7.82. The van der Waals surface area contributed by atoms with Crippen LogP contribution < -0.4 is 9.64 Å². The van der Waals surface area contributed by atoms with Gasteiger partial charge in [0.25, 0.3) is 5.91 Å². The van der Waals surface area contributed by atoms with E-state index in [9.17, 15) is 4.79 Å². The van der Waals surface area contributed by atoms with Crippen LogP contribution in [-0.2, 0) is 4.79 Å². The van der Waals surface area contributed by atoms with E-state index in [1.165, 1.54) is 19.3 Å². The third-order valence-corrected chi connectivity index (χ3v) is 4.86. The lowest BCUT2D eigenvalue weighted by Crippen LogP contribution is -2.47. The summed E-state index contributed by atoms with van der Waals surface area (Å²) in [6.45, 7) is 6.28. The van der Waals surface area contributed by atoms with Crippen LogP contribution in [0.15, 0.2) is 24.3 Å². The first-order valence-electron chi connectivity index (χ1n) is 9.09. The Bertz CT molecular complexity index is 526. The van der Waals surface area contributed by atoms with Gasteiger partial charge in [0.05, 0.1) is 5.69 Å². The molecule has 0 saturated carbocycles. The van der Waals surface area contributed by atoms with Gasteiger partial charge < -0.3 is 14.5 Å². The molecule has 1 fully saturated rings. The molecule has 126 valence electrons. The molecular formula is C19H28N2O2. The normalized spacial score (nSPS) is 21.3. The number of nitrogens with zero attached hydrogens (tertiary/aromatic N) is 2. The number of anilines is 1. The highest BCUT2D eigenvalue weighted by molar-refractivity contribution is 6.00. The van der Waals surface area contributed by atoms with Crippen LogP contribution in [0.25, 0.3) is 0 Å². The van der Waals surface area contributed by atoms with Crippen LogP contribution in [0, 0.1) is 0 Å². The lowest BCUT2D eigenvalue weighted by Gasteiger charge is -2.35. The molecule has 3 rings (SSSR count). The summed E-state index contributed by atoms with van der Waals surface area (Å²) in [4.78, 5) is 17.3. The van der Waals surface area contributed by atoms with E-state index in [1.54, 1.807) is 0 Å². The van der Waals surface area contributed by atoms with Crippen molar-refractivity contribution in [3.63, 3.8) is 0 Å². The van der Waals surface area contributed by atoms with Gasteiger partial charge in [0, 0.05) is 19.5 Å². The smallest absolute Gasteiger partial charge is 0.268 e. The van der Waals surface area contributed by atoms with Crippen molar-refractivity contribution in [1.29, 1.82) is 0 Å². The zero-order valence-electron chi connectivity index (χ0n) is 14.2. The van der Waals surface area contributed by atoms with Gasteiger partial charge in [0.1, 0.15) is 5.75 Å². The predicted molar refractivity (Wildman–Crippen MR) is 93.0 cm³/mol. The van der Waals surface area contributed by atoms with Gasteiger partial charge in [0.15, 0.2) is 6.10 Å². The summed E-state index contributed by atoms with van der Waals surface area (Å²) >= 11 is 0. The first kappa shape index (κ1) is 16.3. The second-order valence-electron chi connectivity index (χ2n) is 6.61. The number of ether oxygens (including phenoxy) is 1. The fourth-order valence-electron chi connectivity index (χ4n) is 3.52. The summed E-state index contributed by atoms with van der Waals surface area (Å²) in [5.74, 6) is 0.994. The number of carbonyl (C=O) groups is 1. The summed E-state index contributed by atoms with van der Waals surface area (Å²) in [6, 6.07) is 7.94. The molecule has 1 saturated heterocycles. The molecule has 23 heavy (non-hydrogen) atoms. The van der Waals surface area contributed by atoms with Crippen molar-refractivity contribution in [1.82, 2.24) is 4.90 Å². The Hall–Kier alpha value is -1.55. The maximum Gasteiger partial charge on any atom is 0.268 e. The molecule has 4 nitrogen and oxygen atoms in total. The number of para-hydroxylation sites is 2. The van der Waals surface area contributed by atoms with Crippen LogP contribution in [0.5, 0.6) is 5.75 Å². The van der Waals surface area contributed by atoms with Gasteiger partial charge >= 0.3 is 0 Å². The summed E-state index contributed by atoms with van der Waals surface area (Å²) in [5.41, 5.74) is 0.936. The Morgan fingerprint density at radius 3 is 2.70 bits per heavy atom. The minimum absolute atomic E-state index is 0.138. The Kier molecular flexibility index (Phi) is 5.55. The summed E-state index contributed by atoms with van der Waals surface area (Å²) in [7, 11) is 0.